The molecule has 1 fully saturated rings. The summed E-state index contributed by atoms with van der Waals surface area (Å²) in [4.78, 5) is 6.61. The molecular formula is C14H22N2O2. The molecule has 1 aliphatic heterocycles. The normalized spacial score (nSPS) is 22.6. The summed E-state index contributed by atoms with van der Waals surface area (Å²) in [6.07, 6.45) is 5.81. The molecule has 0 radical (unpaired) electrons. The Hall–Kier alpha value is -1.13. The molecule has 0 saturated carbocycles. The maximum Gasteiger partial charge on any atom is 0.128 e. The van der Waals surface area contributed by atoms with Crippen LogP contribution in [0.1, 0.15) is 44.3 Å². The molecule has 1 aliphatic rings. The number of anilines is 1. The van der Waals surface area contributed by atoms with Gasteiger partial charge >= 0.3 is 0 Å². The number of aliphatic hydroxyl groups is 2. The molecular weight excluding hydrogens is 228 g/mol. The Balaban J connectivity index is 2.16. The van der Waals surface area contributed by atoms with Crippen LogP contribution in [0.4, 0.5) is 5.82 Å². The summed E-state index contributed by atoms with van der Waals surface area (Å²) in [6.45, 7) is 2.87. The van der Waals surface area contributed by atoms with Crippen molar-refractivity contribution >= 4 is 5.82 Å². The molecule has 0 bridgehead atoms. The van der Waals surface area contributed by atoms with Crippen molar-refractivity contribution in [3.05, 3.63) is 23.9 Å². The number of aromatic nitrogens is 1. The Morgan fingerprint density at radius 3 is 2.83 bits per heavy atom. The predicted molar refractivity (Wildman–Crippen MR) is 71.6 cm³/mol. The summed E-state index contributed by atoms with van der Waals surface area (Å²) in [5, 5.41) is 19.0. The molecule has 1 aromatic rings. The molecule has 0 aromatic carbocycles. The number of hydrogen-bond donors (Lipinski definition) is 2. The minimum absolute atomic E-state index is 0.178. The SMILES string of the molecule is CC(O)c1ccc(N2CCCCCC2CO)nc1. The van der Waals surface area contributed by atoms with E-state index in [-0.39, 0.29) is 12.6 Å². The Morgan fingerprint density at radius 2 is 2.22 bits per heavy atom. The Labute approximate surface area is 108 Å². The van der Waals surface area contributed by atoms with E-state index in [0.717, 1.165) is 30.8 Å². The first-order valence-electron chi connectivity index (χ1n) is 6.74. The fourth-order valence-corrected chi connectivity index (χ4v) is 2.48. The standard InChI is InChI=1S/C14H22N2O2/c1-11(18)12-6-7-14(15-9-12)16-8-4-2-3-5-13(16)10-17/h6-7,9,11,13,17-18H,2-5,8,10H2,1H3. The second-order valence-corrected chi connectivity index (χ2v) is 5.00. The van der Waals surface area contributed by atoms with E-state index in [1.54, 1.807) is 13.1 Å². The molecule has 4 nitrogen and oxygen atoms in total. The summed E-state index contributed by atoms with van der Waals surface area (Å²) in [5.74, 6) is 0.903. The van der Waals surface area contributed by atoms with E-state index >= 15 is 0 Å². The van der Waals surface area contributed by atoms with E-state index in [1.807, 2.05) is 12.1 Å². The highest BCUT2D eigenvalue weighted by Gasteiger charge is 2.21. The highest BCUT2D eigenvalue weighted by Crippen LogP contribution is 2.23. The second kappa shape index (κ2) is 6.16. The average molecular weight is 250 g/mol. The van der Waals surface area contributed by atoms with Gasteiger partial charge in [-0.25, -0.2) is 4.98 Å². The number of rotatable bonds is 3. The molecule has 0 amide bonds. The van der Waals surface area contributed by atoms with Crippen LogP contribution in [0.5, 0.6) is 0 Å². The van der Waals surface area contributed by atoms with Gasteiger partial charge in [0.1, 0.15) is 5.82 Å². The van der Waals surface area contributed by atoms with Gasteiger partial charge in [-0.2, -0.15) is 0 Å². The van der Waals surface area contributed by atoms with E-state index in [0.29, 0.717) is 0 Å². The van der Waals surface area contributed by atoms with Crippen molar-refractivity contribution in [1.29, 1.82) is 0 Å². The van der Waals surface area contributed by atoms with Crippen LogP contribution < -0.4 is 4.90 Å². The van der Waals surface area contributed by atoms with E-state index in [9.17, 15) is 10.2 Å². The third kappa shape index (κ3) is 3.00. The maximum absolute atomic E-state index is 9.48. The Morgan fingerprint density at radius 1 is 1.39 bits per heavy atom. The van der Waals surface area contributed by atoms with Gasteiger partial charge in [0, 0.05) is 12.7 Å². The maximum atomic E-state index is 9.48. The smallest absolute Gasteiger partial charge is 0.128 e. The quantitative estimate of drug-likeness (QED) is 0.860. The van der Waals surface area contributed by atoms with Gasteiger partial charge in [-0.1, -0.05) is 18.9 Å². The zero-order valence-corrected chi connectivity index (χ0v) is 10.9. The van der Waals surface area contributed by atoms with E-state index in [4.69, 9.17) is 0 Å². The molecule has 18 heavy (non-hydrogen) atoms. The minimum Gasteiger partial charge on any atom is -0.394 e. The van der Waals surface area contributed by atoms with Crippen LogP contribution in [0.15, 0.2) is 18.3 Å². The molecule has 0 spiro atoms. The molecule has 0 aliphatic carbocycles. The van der Waals surface area contributed by atoms with Crippen molar-refractivity contribution in [2.24, 2.45) is 0 Å². The van der Waals surface area contributed by atoms with Gasteiger partial charge in [0.05, 0.1) is 18.8 Å². The van der Waals surface area contributed by atoms with Crippen molar-refractivity contribution in [3.8, 4) is 0 Å². The lowest BCUT2D eigenvalue weighted by Gasteiger charge is -2.29. The zero-order valence-electron chi connectivity index (χ0n) is 10.9. The van der Waals surface area contributed by atoms with Gasteiger partial charge in [-0.3, -0.25) is 0 Å². The van der Waals surface area contributed by atoms with Crippen molar-refractivity contribution in [1.82, 2.24) is 4.98 Å². The Bertz CT molecular complexity index is 365. The number of pyridine rings is 1. The molecule has 100 valence electrons. The summed E-state index contributed by atoms with van der Waals surface area (Å²) >= 11 is 0. The van der Waals surface area contributed by atoms with Gasteiger partial charge in [0.25, 0.3) is 0 Å². The molecule has 2 heterocycles. The predicted octanol–water partition coefficient (Wildman–Crippen LogP) is 1.88. The largest absolute Gasteiger partial charge is 0.394 e. The Kier molecular flexibility index (Phi) is 4.55. The molecule has 2 unspecified atom stereocenters. The average Bonchev–Trinajstić information content (AvgIpc) is 2.63. The van der Waals surface area contributed by atoms with Crippen LogP contribution >= 0.6 is 0 Å². The molecule has 2 atom stereocenters. The summed E-state index contributed by atoms with van der Waals surface area (Å²) in [6, 6.07) is 4.03. The lowest BCUT2D eigenvalue weighted by Crippen LogP contribution is -2.38. The van der Waals surface area contributed by atoms with Crippen molar-refractivity contribution < 1.29 is 10.2 Å². The lowest BCUT2D eigenvalue weighted by atomic mass is 10.1. The molecule has 1 aromatic heterocycles. The third-order valence-electron chi connectivity index (χ3n) is 3.64. The van der Waals surface area contributed by atoms with E-state index in [1.165, 1.54) is 12.8 Å². The molecule has 2 rings (SSSR count). The molecule has 4 heteroatoms. The van der Waals surface area contributed by atoms with Crippen LogP contribution in [-0.2, 0) is 0 Å². The van der Waals surface area contributed by atoms with E-state index in [2.05, 4.69) is 9.88 Å². The number of nitrogens with zero attached hydrogens (tertiary/aromatic N) is 2. The highest BCUT2D eigenvalue weighted by atomic mass is 16.3. The summed E-state index contributed by atoms with van der Waals surface area (Å²) in [7, 11) is 0. The third-order valence-corrected chi connectivity index (χ3v) is 3.64. The van der Waals surface area contributed by atoms with Crippen molar-refractivity contribution in [3.63, 3.8) is 0 Å². The van der Waals surface area contributed by atoms with Gasteiger partial charge < -0.3 is 15.1 Å². The van der Waals surface area contributed by atoms with Crippen LogP contribution in [0.3, 0.4) is 0 Å². The number of aliphatic hydroxyl groups excluding tert-OH is 2. The van der Waals surface area contributed by atoms with Gasteiger partial charge in [0.15, 0.2) is 0 Å². The molecule has 2 N–H and O–H groups in total. The first-order chi connectivity index (χ1) is 8.72. The minimum atomic E-state index is -0.482. The monoisotopic (exact) mass is 250 g/mol. The van der Waals surface area contributed by atoms with Crippen LogP contribution in [0.2, 0.25) is 0 Å². The van der Waals surface area contributed by atoms with Gasteiger partial charge in [-0.05, 0) is 31.4 Å². The van der Waals surface area contributed by atoms with Crippen molar-refractivity contribution in [2.45, 2.75) is 44.8 Å². The summed E-state index contributed by atoms with van der Waals surface area (Å²) in [5.41, 5.74) is 0.828. The topological polar surface area (TPSA) is 56.6 Å². The van der Waals surface area contributed by atoms with Crippen LogP contribution in [0.25, 0.3) is 0 Å². The van der Waals surface area contributed by atoms with Crippen molar-refractivity contribution in [2.75, 3.05) is 18.1 Å². The van der Waals surface area contributed by atoms with Crippen LogP contribution in [-0.4, -0.2) is 34.4 Å². The lowest BCUT2D eigenvalue weighted by molar-refractivity contribution is 0.199. The highest BCUT2D eigenvalue weighted by molar-refractivity contribution is 5.41. The van der Waals surface area contributed by atoms with E-state index < -0.39 is 6.10 Å². The molecule has 1 saturated heterocycles. The fraction of sp³-hybridized carbons (Fsp3) is 0.643. The first-order valence-corrected chi connectivity index (χ1v) is 6.74. The zero-order chi connectivity index (χ0) is 13.0. The number of hydrogen-bond acceptors (Lipinski definition) is 4. The van der Waals surface area contributed by atoms with Crippen LogP contribution in [0, 0.1) is 0 Å². The first kappa shape index (κ1) is 13.3. The second-order valence-electron chi connectivity index (χ2n) is 5.00. The summed E-state index contributed by atoms with van der Waals surface area (Å²) < 4.78 is 0. The fourth-order valence-electron chi connectivity index (χ4n) is 2.48. The van der Waals surface area contributed by atoms with Gasteiger partial charge in [-0.15, -0.1) is 0 Å². The van der Waals surface area contributed by atoms with Gasteiger partial charge in [0.2, 0.25) is 0 Å².